The fourth-order valence-electron chi connectivity index (χ4n) is 2.42. The largest absolute Gasteiger partial charge is 0.348 e. The summed E-state index contributed by atoms with van der Waals surface area (Å²) >= 11 is 12.0. The molecule has 3 aromatic rings. The minimum absolute atomic E-state index is 0.211. The highest BCUT2D eigenvalue weighted by Crippen LogP contribution is 2.21. The Morgan fingerprint density at radius 2 is 1.96 bits per heavy atom. The van der Waals surface area contributed by atoms with Gasteiger partial charge in [0.05, 0.1) is 6.54 Å². The lowest BCUT2D eigenvalue weighted by atomic mass is 10.1. The van der Waals surface area contributed by atoms with E-state index in [1.807, 2.05) is 24.3 Å². The molecule has 0 aliphatic carbocycles. The zero-order valence-corrected chi connectivity index (χ0v) is 15.3. The maximum Gasteiger partial charge on any atom is 0.244 e. The molecule has 0 bridgehead atoms. The van der Waals surface area contributed by atoms with Crippen LogP contribution < -0.4 is 5.32 Å². The second kappa shape index (κ2) is 8.65. The summed E-state index contributed by atoms with van der Waals surface area (Å²) in [7, 11) is 0. The maximum absolute atomic E-state index is 12.1. The summed E-state index contributed by atoms with van der Waals surface area (Å²) in [4.78, 5) is 16.1. The summed E-state index contributed by atoms with van der Waals surface area (Å²) in [5.41, 5.74) is 2.78. The van der Waals surface area contributed by atoms with E-state index in [0.29, 0.717) is 28.7 Å². The molecule has 0 saturated heterocycles. The van der Waals surface area contributed by atoms with E-state index in [0.717, 1.165) is 11.1 Å². The molecule has 0 spiro atoms. The van der Waals surface area contributed by atoms with Gasteiger partial charge in [0.25, 0.3) is 0 Å². The minimum atomic E-state index is -0.211. The number of nitrogens with zero attached hydrogens (tertiary/aromatic N) is 3. The van der Waals surface area contributed by atoms with E-state index < -0.39 is 0 Å². The van der Waals surface area contributed by atoms with E-state index in [4.69, 9.17) is 23.2 Å². The molecule has 1 aromatic heterocycles. The molecule has 0 aliphatic heterocycles. The first-order valence-electron chi connectivity index (χ1n) is 7.92. The van der Waals surface area contributed by atoms with Gasteiger partial charge in [-0.2, -0.15) is 5.10 Å². The zero-order chi connectivity index (χ0) is 18.4. The van der Waals surface area contributed by atoms with Crippen LogP contribution in [0.4, 0.5) is 0 Å². The van der Waals surface area contributed by atoms with E-state index in [9.17, 15) is 4.79 Å². The highest BCUT2D eigenvalue weighted by molar-refractivity contribution is 6.34. The molecule has 132 valence electrons. The van der Waals surface area contributed by atoms with Crippen molar-refractivity contribution in [2.75, 3.05) is 0 Å². The molecule has 0 atom stereocenters. The summed E-state index contributed by atoms with van der Waals surface area (Å²) < 4.78 is 1.74. The Kier molecular flexibility index (Phi) is 6.04. The van der Waals surface area contributed by atoms with E-state index in [2.05, 4.69) is 15.4 Å². The Labute approximate surface area is 161 Å². The fourth-order valence-corrected chi connectivity index (χ4v) is 2.78. The molecule has 0 fully saturated rings. The molecule has 0 radical (unpaired) electrons. The van der Waals surface area contributed by atoms with Crippen molar-refractivity contribution >= 4 is 35.2 Å². The Balaban J connectivity index is 1.63. The fraction of sp³-hybridized carbons (Fsp3) is 0.105. The lowest BCUT2D eigenvalue weighted by Crippen LogP contribution is -2.21. The molecular weight excluding hydrogens is 371 g/mol. The number of carbonyl (C=O) groups excluding carboxylic acids is 1. The van der Waals surface area contributed by atoms with Crippen molar-refractivity contribution in [3.63, 3.8) is 0 Å². The van der Waals surface area contributed by atoms with Gasteiger partial charge in [-0.1, -0.05) is 47.5 Å². The van der Waals surface area contributed by atoms with Crippen LogP contribution in [0.25, 0.3) is 6.08 Å². The van der Waals surface area contributed by atoms with Crippen molar-refractivity contribution in [1.82, 2.24) is 20.1 Å². The molecule has 1 amide bonds. The van der Waals surface area contributed by atoms with Crippen LogP contribution in [0.3, 0.4) is 0 Å². The smallest absolute Gasteiger partial charge is 0.244 e. The predicted molar refractivity (Wildman–Crippen MR) is 103 cm³/mol. The molecule has 2 aromatic carbocycles. The standard InChI is InChI=1S/C19H16Cl2N4O/c20-17-6-7-18(21)14(9-17)5-8-19(26)23-10-15-3-1-2-4-16(15)11-25-13-22-12-24-25/h1-9,12-13H,10-11H2,(H,23,26)/b8-5+. The highest BCUT2D eigenvalue weighted by atomic mass is 35.5. The van der Waals surface area contributed by atoms with Crippen molar-refractivity contribution in [3.8, 4) is 0 Å². The summed E-state index contributed by atoms with van der Waals surface area (Å²) in [5.74, 6) is -0.211. The van der Waals surface area contributed by atoms with Gasteiger partial charge in [0.1, 0.15) is 12.7 Å². The van der Waals surface area contributed by atoms with Gasteiger partial charge in [-0.15, -0.1) is 0 Å². The quantitative estimate of drug-likeness (QED) is 0.652. The normalized spacial score (nSPS) is 11.0. The van der Waals surface area contributed by atoms with Crippen LogP contribution in [0.1, 0.15) is 16.7 Å². The Bertz CT molecular complexity index is 923. The molecule has 0 aliphatic rings. The molecule has 0 saturated carbocycles. The van der Waals surface area contributed by atoms with Crippen LogP contribution in [0.2, 0.25) is 10.0 Å². The van der Waals surface area contributed by atoms with Crippen molar-refractivity contribution in [1.29, 1.82) is 0 Å². The second-order valence-electron chi connectivity index (χ2n) is 5.58. The molecule has 1 N–H and O–H groups in total. The van der Waals surface area contributed by atoms with Gasteiger partial charge in [-0.3, -0.25) is 4.79 Å². The van der Waals surface area contributed by atoms with Crippen molar-refractivity contribution in [3.05, 3.63) is 87.9 Å². The third kappa shape index (κ3) is 4.94. The van der Waals surface area contributed by atoms with Crippen molar-refractivity contribution in [2.45, 2.75) is 13.1 Å². The van der Waals surface area contributed by atoms with Crippen LogP contribution in [0.5, 0.6) is 0 Å². The first-order chi connectivity index (χ1) is 12.6. The maximum atomic E-state index is 12.1. The van der Waals surface area contributed by atoms with Crippen LogP contribution in [0, 0.1) is 0 Å². The summed E-state index contributed by atoms with van der Waals surface area (Å²) in [6.45, 7) is 1.01. The monoisotopic (exact) mass is 386 g/mol. The van der Waals surface area contributed by atoms with Gasteiger partial charge >= 0.3 is 0 Å². The molecular formula is C19H16Cl2N4O. The summed E-state index contributed by atoms with van der Waals surface area (Å²) in [6, 6.07) is 13.0. The minimum Gasteiger partial charge on any atom is -0.348 e. The van der Waals surface area contributed by atoms with Crippen molar-refractivity contribution in [2.24, 2.45) is 0 Å². The van der Waals surface area contributed by atoms with Gasteiger partial charge in [0.2, 0.25) is 5.91 Å². The Morgan fingerprint density at radius 1 is 1.15 bits per heavy atom. The number of carbonyl (C=O) groups is 1. The highest BCUT2D eigenvalue weighted by Gasteiger charge is 2.05. The second-order valence-corrected chi connectivity index (χ2v) is 6.42. The van der Waals surface area contributed by atoms with Gasteiger partial charge in [-0.05, 0) is 41.0 Å². The Morgan fingerprint density at radius 3 is 2.73 bits per heavy atom. The third-order valence-corrected chi connectivity index (χ3v) is 4.32. The van der Waals surface area contributed by atoms with Crippen LogP contribution >= 0.6 is 23.2 Å². The number of hydrogen-bond acceptors (Lipinski definition) is 3. The number of aromatic nitrogens is 3. The van der Waals surface area contributed by atoms with E-state index in [-0.39, 0.29) is 5.91 Å². The molecule has 1 heterocycles. The van der Waals surface area contributed by atoms with Crippen LogP contribution in [-0.2, 0) is 17.9 Å². The Hall–Kier alpha value is -2.63. The predicted octanol–water partition coefficient (Wildman–Crippen LogP) is 3.96. The lowest BCUT2D eigenvalue weighted by molar-refractivity contribution is -0.116. The van der Waals surface area contributed by atoms with Crippen molar-refractivity contribution < 1.29 is 4.79 Å². The third-order valence-electron chi connectivity index (χ3n) is 3.74. The van der Waals surface area contributed by atoms with Gasteiger partial charge in [-0.25, -0.2) is 9.67 Å². The average Bonchev–Trinajstić information content (AvgIpc) is 3.15. The first-order valence-corrected chi connectivity index (χ1v) is 8.67. The van der Waals surface area contributed by atoms with E-state index in [1.165, 1.54) is 12.4 Å². The van der Waals surface area contributed by atoms with Gasteiger partial charge in [0, 0.05) is 22.7 Å². The summed E-state index contributed by atoms with van der Waals surface area (Å²) in [5, 5.41) is 8.09. The molecule has 5 nitrogen and oxygen atoms in total. The zero-order valence-electron chi connectivity index (χ0n) is 13.8. The number of hydrogen-bond donors (Lipinski definition) is 1. The van der Waals surface area contributed by atoms with E-state index >= 15 is 0 Å². The summed E-state index contributed by atoms with van der Waals surface area (Å²) in [6.07, 6.45) is 6.24. The molecule has 3 rings (SSSR count). The lowest BCUT2D eigenvalue weighted by Gasteiger charge is -2.10. The van der Waals surface area contributed by atoms with Crippen LogP contribution in [0.15, 0.2) is 61.2 Å². The number of rotatable bonds is 6. The molecule has 26 heavy (non-hydrogen) atoms. The number of benzene rings is 2. The number of nitrogens with one attached hydrogen (secondary N) is 1. The first kappa shape index (κ1) is 18.2. The molecule has 0 unspecified atom stereocenters. The average molecular weight is 387 g/mol. The van der Waals surface area contributed by atoms with E-state index in [1.54, 1.807) is 35.3 Å². The SMILES string of the molecule is O=C(/C=C/c1cc(Cl)ccc1Cl)NCc1ccccc1Cn1cncn1. The number of amides is 1. The number of halogens is 2. The van der Waals surface area contributed by atoms with Crippen LogP contribution in [-0.4, -0.2) is 20.7 Å². The molecule has 7 heteroatoms. The topological polar surface area (TPSA) is 59.8 Å². The van der Waals surface area contributed by atoms with Gasteiger partial charge in [0.15, 0.2) is 0 Å². The van der Waals surface area contributed by atoms with Gasteiger partial charge < -0.3 is 5.32 Å².